The van der Waals surface area contributed by atoms with Crippen molar-refractivity contribution < 1.29 is 4.79 Å². The Kier molecular flexibility index (Phi) is 3.09. The van der Waals surface area contributed by atoms with Gasteiger partial charge in [-0.2, -0.15) is 5.10 Å². The van der Waals surface area contributed by atoms with E-state index in [1.165, 1.54) is 12.8 Å². The lowest BCUT2D eigenvalue weighted by molar-refractivity contribution is 0.0755. The largest absolute Gasteiger partial charge is 0.337 e. The van der Waals surface area contributed by atoms with Crippen LogP contribution in [0.1, 0.15) is 35.4 Å². The minimum Gasteiger partial charge on any atom is -0.337 e. The second-order valence-corrected chi connectivity index (χ2v) is 6.02. The van der Waals surface area contributed by atoms with E-state index in [1.54, 1.807) is 4.68 Å². The maximum atomic E-state index is 12.5. The molecule has 2 aliphatic heterocycles. The summed E-state index contributed by atoms with van der Waals surface area (Å²) in [4.78, 5) is 14.5. The van der Waals surface area contributed by atoms with Gasteiger partial charge in [-0.25, -0.2) is 0 Å². The average Bonchev–Trinajstić information content (AvgIpc) is 2.95. The van der Waals surface area contributed by atoms with Crippen molar-refractivity contribution in [1.82, 2.24) is 20.0 Å². The molecule has 3 rings (SSSR count). The van der Waals surface area contributed by atoms with Crippen LogP contribution < -0.4 is 5.32 Å². The summed E-state index contributed by atoms with van der Waals surface area (Å²) in [6.45, 7) is 5.94. The first kappa shape index (κ1) is 12.7. The van der Waals surface area contributed by atoms with E-state index in [0.29, 0.717) is 11.1 Å². The number of nitrogens with zero attached hydrogens (tertiary/aromatic N) is 3. The van der Waals surface area contributed by atoms with Gasteiger partial charge in [-0.05, 0) is 50.8 Å². The van der Waals surface area contributed by atoms with Crippen LogP contribution in [0.15, 0.2) is 6.07 Å². The lowest BCUT2D eigenvalue weighted by Gasteiger charge is -2.33. The van der Waals surface area contributed by atoms with Crippen LogP contribution in [0.25, 0.3) is 0 Å². The molecule has 1 aromatic heterocycles. The molecule has 1 amide bonds. The SMILES string of the molecule is Cc1cc(C(=O)N2CCC3(CCNCC3)C2)nn1C. The van der Waals surface area contributed by atoms with Gasteiger partial charge in [0.15, 0.2) is 5.69 Å². The molecule has 2 fully saturated rings. The molecule has 2 saturated heterocycles. The van der Waals surface area contributed by atoms with Crippen molar-refractivity contribution in [3.05, 3.63) is 17.5 Å². The molecule has 0 atom stereocenters. The molecular formula is C14H22N4O. The molecule has 104 valence electrons. The summed E-state index contributed by atoms with van der Waals surface area (Å²) in [6, 6.07) is 1.88. The maximum Gasteiger partial charge on any atom is 0.274 e. The van der Waals surface area contributed by atoms with Crippen LogP contribution in [0.3, 0.4) is 0 Å². The van der Waals surface area contributed by atoms with Crippen LogP contribution in [0, 0.1) is 12.3 Å². The molecule has 1 aromatic rings. The number of rotatable bonds is 1. The van der Waals surface area contributed by atoms with Gasteiger partial charge in [0.05, 0.1) is 0 Å². The van der Waals surface area contributed by atoms with Gasteiger partial charge in [-0.1, -0.05) is 0 Å². The molecule has 0 bridgehead atoms. The van der Waals surface area contributed by atoms with E-state index in [0.717, 1.165) is 38.3 Å². The Hall–Kier alpha value is -1.36. The highest BCUT2D eigenvalue weighted by Gasteiger charge is 2.41. The highest BCUT2D eigenvalue weighted by atomic mass is 16.2. The smallest absolute Gasteiger partial charge is 0.274 e. The van der Waals surface area contributed by atoms with Crippen LogP contribution in [0.5, 0.6) is 0 Å². The summed E-state index contributed by atoms with van der Waals surface area (Å²) >= 11 is 0. The third-order valence-electron chi connectivity index (χ3n) is 4.72. The third-order valence-corrected chi connectivity index (χ3v) is 4.72. The van der Waals surface area contributed by atoms with Gasteiger partial charge < -0.3 is 10.2 Å². The number of aryl methyl sites for hydroxylation is 2. The fraction of sp³-hybridized carbons (Fsp3) is 0.714. The van der Waals surface area contributed by atoms with Crippen LogP contribution in [0.4, 0.5) is 0 Å². The molecule has 3 heterocycles. The van der Waals surface area contributed by atoms with Crippen molar-refractivity contribution in [2.45, 2.75) is 26.2 Å². The predicted octanol–water partition coefficient (Wildman–Crippen LogP) is 0.944. The number of piperidine rings is 1. The molecule has 5 heteroatoms. The standard InChI is InChI=1S/C14H22N4O/c1-11-9-12(16-17(11)2)13(19)18-8-5-14(10-18)3-6-15-7-4-14/h9,15H,3-8,10H2,1-2H3. The van der Waals surface area contributed by atoms with Crippen molar-refractivity contribution in [2.75, 3.05) is 26.2 Å². The third kappa shape index (κ3) is 2.27. The molecule has 19 heavy (non-hydrogen) atoms. The minimum atomic E-state index is 0.0964. The summed E-state index contributed by atoms with van der Waals surface area (Å²) in [5.74, 6) is 0.0964. The quantitative estimate of drug-likeness (QED) is 0.819. The number of carbonyl (C=O) groups excluding carboxylic acids is 1. The number of nitrogens with one attached hydrogen (secondary N) is 1. The van der Waals surface area contributed by atoms with Gasteiger partial charge in [-0.15, -0.1) is 0 Å². The fourth-order valence-corrected chi connectivity index (χ4v) is 3.30. The Labute approximate surface area is 114 Å². The molecule has 0 unspecified atom stereocenters. The van der Waals surface area contributed by atoms with Crippen LogP contribution >= 0.6 is 0 Å². The summed E-state index contributed by atoms with van der Waals surface area (Å²) in [7, 11) is 1.88. The van der Waals surface area contributed by atoms with E-state index in [1.807, 2.05) is 24.9 Å². The average molecular weight is 262 g/mol. The lowest BCUT2D eigenvalue weighted by Crippen LogP contribution is -2.39. The lowest BCUT2D eigenvalue weighted by atomic mass is 9.78. The number of likely N-dealkylation sites (tertiary alicyclic amines) is 1. The Balaban J connectivity index is 1.72. The topological polar surface area (TPSA) is 50.2 Å². The van der Waals surface area contributed by atoms with E-state index < -0.39 is 0 Å². The first-order valence-corrected chi connectivity index (χ1v) is 7.10. The van der Waals surface area contributed by atoms with E-state index in [2.05, 4.69) is 10.4 Å². The number of carbonyl (C=O) groups is 1. The first-order chi connectivity index (χ1) is 9.10. The molecular weight excluding hydrogens is 240 g/mol. The number of hydrogen-bond acceptors (Lipinski definition) is 3. The number of aromatic nitrogens is 2. The second-order valence-electron chi connectivity index (χ2n) is 6.02. The van der Waals surface area contributed by atoms with Crippen molar-refractivity contribution in [2.24, 2.45) is 12.5 Å². The zero-order valence-electron chi connectivity index (χ0n) is 11.8. The molecule has 0 saturated carbocycles. The molecule has 1 N–H and O–H groups in total. The molecule has 1 spiro atoms. The van der Waals surface area contributed by atoms with E-state index >= 15 is 0 Å². The zero-order chi connectivity index (χ0) is 13.5. The molecule has 2 aliphatic rings. The van der Waals surface area contributed by atoms with Crippen molar-refractivity contribution in [3.63, 3.8) is 0 Å². The summed E-state index contributed by atoms with van der Waals surface area (Å²) < 4.78 is 1.77. The van der Waals surface area contributed by atoms with Gasteiger partial charge in [0, 0.05) is 25.8 Å². The van der Waals surface area contributed by atoms with Gasteiger partial charge in [0.1, 0.15) is 0 Å². The van der Waals surface area contributed by atoms with E-state index in [9.17, 15) is 4.79 Å². The highest BCUT2D eigenvalue weighted by Crippen LogP contribution is 2.38. The molecule has 0 radical (unpaired) electrons. The number of amides is 1. The molecule has 0 aliphatic carbocycles. The summed E-state index contributed by atoms with van der Waals surface area (Å²) in [5, 5.41) is 7.70. The van der Waals surface area contributed by atoms with Gasteiger partial charge >= 0.3 is 0 Å². The monoisotopic (exact) mass is 262 g/mol. The van der Waals surface area contributed by atoms with Crippen molar-refractivity contribution in [1.29, 1.82) is 0 Å². The Morgan fingerprint density at radius 1 is 1.37 bits per heavy atom. The van der Waals surface area contributed by atoms with Gasteiger partial charge in [0.2, 0.25) is 0 Å². The number of hydrogen-bond donors (Lipinski definition) is 1. The van der Waals surface area contributed by atoms with Gasteiger partial charge in [0.25, 0.3) is 5.91 Å². The highest BCUT2D eigenvalue weighted by molar-refractivity contribution is 5.92. The van der Waals surface area contributed by atoms with Crippen LogP contribution in [-0.2, 0) is 7.05 Å². The maximum absolute atomic E-state index is 12.5. The fourth-order valence-electron chi connectivity index (χ4n) is 3.30. The Bertz CT molecular complexity index is 468. The minimum absolute atomic E-state index is 0.0964. The Morgan fingerprint density at radius 2 is 2.11 bits per heavy atom. The van der Waals surface area contributed by atoms with Crippen LogP contribution in [-0.4, -0.2) is 46.8 Å². The summed E-state index contributed by atoms with van der Waals surface area (Å²) in [6.07, 6.45) is 3.53. The molecule has 5 nitrogen and oxygen atoms in total. The molecule has 0 aromatic carbocycles. The normalized spacial score (nSPS) is 22.1. The van der Waals surface area contributed by atoms with E-state index in [-0.39, 0.29) is 5.91 Å². The second kappa shape index (κ2) is 4.63. The Morgan fingerprint density at radius 3 is 2.74 bits per heavy atom. The first-order valence-electron chi connectivity index (χ1n) is 7.10. The van der Waals surface area contributed by atoms with Crippen LogP contribution in [0.2, 0.25) is 0 Å². The van der Waals surface area contributed by atoms with Crippen molar-refractivity contribution >= 4 is 5.91 Å². The predicted molar refractivity (Wildman–Crippen MR) is 73.0 cm³/mol. The zero-order valence-corrected chi connectivity index (χ0v) is 11.8. The van der Waals surface area contributed by atoms with E-state index in [4.69, 9.17) is 0 Å². The summed E-state index contributed by atoms with van der Waals surface area (Å²) in [5.41, 5.74) is 1.98. The van der Waals surface area contributed by atoms with Gasteiger partial charge in [-0.3, -0.25) is 9.48 Å². The van der Waals surface area contributed by atoms with Crippen molar-refractivity contribution in [3.8, 4) is 0 Å².